The fourth-order valence-corrected chi connectivity index (χ4v) is 1.81. The van der Waals surface area contributed by atoms with E-state index in [1.54, 1.807) is 6.92 Å². The quantitative estimate of drug-likeness (QED) is 0.891. The van der Waals surface area contributed by atoms with Gasteiger partial charge >= 0.3 is 6.18 Å². The Morgan fingerprint density at radius 1 is 1.42 bits per heavy atom. The molecule has 2 N–H and O–H groups in total. The van der Waals surface area contributed by atoms with Gasteiger partial charge in [0.1, 0.15) is 18.6 Å². The summed E-state index contributed by atoms with van der Waals surface area (Å²) in [7, 11) is 0. The third-order valence-electron chi connectivity index (χ3n) is 2.72. The van der Waals surface area contributed by atoms with E-state index in [0.29, 0.717) is 19.4 Å². The van der Waals surface area contributed by atoms with Crippen LogP contribution in [0.2, 0.25) is 0 Å². The molecular formula is C11H15F3N4O. The van der Waals surface area contributed by atoms with E-state index in [1.165, 1.54) is 11.2 Å². The van der Waals surface area contributed by atoms with E-state index < -0.39 is 12.7 Å². The Bertz CT molecular complexity index is 448. The molecule has 5 nitrogen and oxygen atoms in total. The number of ether oxygens (including phenoxy) is 1. The summed E-state index contributed by atoms with van der Waals surface area (Å²) in [5.74, 6) is 0.221. The maximum Gasteiger partial charge on any atom is 0.405 e. The molecule has 1 heterocycles. The highest BCUT2D eigenvalue weighted by Crippen LogP contribution is 2.37. The maximum atomic E-state index is 12.6. The van der Waals surface area contributed by atoms with Crippen molar-refractivity contribution in [3.8, 4) is 5.88 Å². The molecular weight excluding hydrogens is 261 g/mol. The highest BCUT2D eigenvalue weighted by Gasteiger charge is 2.39. The highest BCUT2D eigenvalue weighted by atomic mass is 19.4. The van der Waals surface area contributed by atoms with Crippen LogP contribution >= 0.6 is 0 Å². The molecule has 2 rings (SSSR count). The van der Waals surface area contributed by atoms with Crippen LogP contribution in [0.25, 0.3) is 0 Å². The smallest absolute Gasteiger partial charge is 0.405 e. The first-order valence-electron chi connectivity index (χ1n) is 5.99. The Labute approximate surface area is 108 Å². The van der Waals surface area contributed by atoms with Crippen LogP contribution in [0.1, 0.15) is 19.8 Å². The number of nitrogen functional groups attached to an aromatic ring is 1. The molecule has 0 atom stereocenters. The summed E-state index contributed by atoms with van der Waals surface area (Å²) in [5.41, 5.74) is 5.85. The van der Waals surface area contributed by atoms with Crippen molar-refractivity contribution in [1.29, 1.82) is 0 Å². The van der Waals surface area contributed by atoms with Gasteiger partial charge in [-0.05, 0) is 19.8 Å². The Kier molecular flexibility index (Phi) is 3.68. The van der Waals surface area contributed by atoms with Crippen molar-refractivity contribution >= 4 is 11.5 Å². The average Bonchev–Trinajstić information content (AvgIpc) is 3.12. The number of aromatic nitrogens is 2. The van der Waals surface area contributed by atoms with Gasteiger partial charge in [0.15, 0.2) is 5.82 Å². The van der Waals surface area contributed by atoms with E-state index in [9.17, 15) is 13.2 Å². The molecule has 19 heavy (non-hydrogen) atoms. The Balaban J connectivity index is 2.28. The number of hydrogen-bond acceptors (Lipinski definition) is 5. The number of nitrogens with zero attached hydrogens (tertiary/aromatic N) is 3. The van der Waals surface area contributed by atoms with Crippen molar-refractivity contribution in [3.05, 3.63) is 6.33 Å². The molecule has 0 amide bonds. The summed E-state index contributed by atoms with van der Waals surface area (Å²) < 4.78 is 43.0. The summed E-state index contributed by atoms with van der Waals surface area (Å²) >= 11 is 0. The van der Waals surface area contributed by atoms with Gasteiger partial charge in [-0.2, -0.15) is 18.2 Å². The second-order valence-corrected chi connectivity index (χ2v) is 4.32. The molecule has 0 aliphatic heterocycles. The molecule has 1 saturated carbocycles. The van der Waals surface area contributed by atoms with Crippen LogP contribution in [0, 0.1) is 0 Å². The zero-order chi connectivity index (χ0) is 14.0. The lowest BCUT2D eigenvalue weighted by Gasteiger charge is -2.26. The van der Waals surface area contributed by atoms with E-state index in [2.05, 4.69) is 9.97 Å². The summed E-state index contributed by atoms with van der Waals surface area (Å²) in [4.78, 5) is 8.88. The lowest BCUT2D eigenvalue weighted by atomic mass is 10.3. The molecule has 0 saturated heterocycles. The third kappa shape index (κ3) is 3.39. The van der Waals surface area contributed by atoms with Crippen molar-refractivity contribution in [2.75, 3.05) is 23.8 Å². The first kappa shape index (κ1) is 13.7. The van der Waals surface area contributed by atoms with Gasteiger partial charge in [0, 0.05) is 6.04 Å². The zero-order valence-corrected chi connectivity index (χ0v) is 10.4. The normalized spacial score (nSPS) is 15.4. The topological polar surface area (TPSA) is 64.3 Å². The largest absolute Gasteiger partial charge is 0.476 e. The molecule has 1 aliphatic rings. The minimum atomic E-state index is -4.30. The summed E-state index contributed by atoms with van der Waals surface area (Å²) in [6.07, 6.45) is -1.71. The molecule has 1 aromatic rings. The Hall–Kier alpha value is -1.73. The van der Waals surface area contributed by atoms with Crippen molar-refractivity contribution in [3.63, 3.8) is 0 Å². The Morgan fingerprint density at radius 3 is 2.63 bits per heavy atom. The average molecular weight is 276 g/mol. The number of halogens is 3. The lowest BCUT2D eigenvalue weighted by molar-refractivity contribution is -0.120. The highest BCUT2D eigenvalue weighted by molar-refractivity contribution is 5.68. The molecule has 0 spiro atoms. The minimum Gasteiger partial charge on any atom is -0.476 e. The van der Waals surface area contributed by atoms with E-state index in [-0.39, 0.29) is 23.4 Å². The van der Waals surface area contributed by atoms with Crippen molar-refractivity contribution in [1.82, 2.24) is 9.97 Å². The summed E-state index contributed by atoms with van der Waals surface area (Å²) in [6, 6.07) is -0.159. The van der Waals surface area contributed by atoms with Crippen molar-refractivity contribution in [2.24, 2.45) is 0 Å². The van der Waals surface area contributed by atoms with Crippen LogP contribution in [-0.2, 0) is 0 Å². The summed E-state index contributed by atoms with van der Waals surface area (Å²) in [5, 5.41) is 0. The van der Waals surface area contributed by atoms with Crippen LogP contribution < -0.4 is 15.4 Å². The van der Waals surface area contributed by atoms with Gasteiger partial charge in [-0.3, -0.25) is 0 Å². The molecule has 0 radical (unpaired) electrons. The second-order valence-electron chi connectivity index (χ2n) is 4.32. The predicted octanol–water partition coefficient (Wildman–Crippen LogP) is 1.99. The molecule has 1 fully saturated rings. The Morgan fingerprint density at radius 2 is 2.11 bits per heavy atom. The van der Waals surface area contributed by atoms with Crippen molar-refractivity contribution < 1.29 is 17.9 Å². The van der Waals surface area contributed by atoms with E-state index in [0.717, 1.165) is 0 Å². The van der Waals surface area contributed by atoms with E-state index in [1.807, 2.05) is 0 Å². The maximum absolute atomic E-state index is 12.6. The minimum absolute atomic E-state index is 0.0560. The standard InChI is InChI=1S/C11H15F3N4O/c1-2-19-10-8(15)9(16-6-17-10)18(7-3-4-7)5-11(12,13)14/h6-7H,2-5,15H2,1H3. The molecule has 106 valence electrons. The van der Waals surface area contributed by atoms with Gasteiger partial charge in [-0.15, -0.1) is 0 Å². The van der Waals surface area contributed by atoms with Crippen LogP contribution in [0.5, 0.6) is 5.88 Å². The molecule has 0 unspecified atom stereocenters. The lowest BCUT2D eigenvalue weighted by Crippen LogP contribution is -2.37. The fraction of sp³-hybridized carbons (Fsp3) is 0.636. The number of rotatable bonds is 5. The van der Waals surface area contributed by atoms with E-state index in [4.69, 9.17) is 10.5 Å². The van der Waals surface area contributed by atoms with Crippen LogP contribution in [0.3, 0.4) is 0 Å². The van der Waals surface area contributed by atoms with Crippen LogP contribution in [0.15, 0.2) is 6.33 Å². The summed E-state index contributed by atoms with van der Waals surface area (Å²) in [6.45, 7) is 1.02. The number of anilines is 2. The predicted molar refractivity (Wildman–Crippen MR) is 64.0 cm³/mol. The second kappa shape index (κ2) is 5.10. The molecule has 0 bridgehead atoms. The SMILES string of the molecule is CCOc1ncnc(N(CC(F)(F)F)C2CC2)c1N. The van der Waals surface area contributed by atoms with Gasteiger partial charge < -0.3 is 15.4 Å². The zero-order valence-electron chi connectivity index (χ0n) is 10.4. The van der Waals surface area contributed by atoms with Gasteiger partial charge in [-0.1, -0.05) is 0 Å². The van der Waals surface area contributed by atoms with Crippen molar-refractivity contribution in [2.45, 2.75) is 32.0 Å². The number of hydrogen-bond donors (Lipinski definition) is 1. The van der Waals surface area contributed by atoms with Gasteiger partial charge in [0.2, 0.25) is 5.88 Å². The fourth-order valence-electron chi connectivity index (χ4n) is 1.81. The monoisotopic (exact) mass is 276 g/mol. The van der Waals surface area contributed by atoms with Gasteiger partial charge in [0.25, 0.3) is 0 Å². The van der Waals surface area contributed by atoms with Gasteiger partial charge in [0.05, 0.1) is 6.61 Å². The third-order valence-corrected chi connectivity index (χ3v) is 2.72. The first-order valence-corrected chi connectivity index (χ1v) is 5.99. The van der Waals surface area contributed by atoms with E-state index >= 15 is 0 Å². The molecule has 1 aliphatic carbocycles. The van der Waals surface area contributed by atoms with Gasteiger partial charge in [-0.25, -0.2) is 4.98 Å². The number of nitrogens with two attached hydrogens (primary N) is 1. The molecule has 0 aromatic carbocycles. The molecule has 8 heteroatoms. The van der Waals surface area contributed by atoms with Crippen LogP contribution in [-0.4, -0.2) is 35.3 Å². The molecule has 1 aromatic heterocycles. The van der Waals surface area contributed by atoms with Crippen LogP contribution in [0.4, 0.5) is 24.7 Å². The first-order chi connectivity index (χ1) is 8.92. The number of alkyl halides is 3.